The minimum atomic E-state index is -0.635. The van der Waals surface area contributed by atoms with Crippen molar-refractivity contribution in [1.29, 1.82) is 0 Å². The summed E-state index contributed by atoms with van der Waals surface area (Å²) in [6.45, 7) is 2.13. The van der Waals surface area contributed by atoms with Gasteiger partial charge in [-0.25, -0.2) is 19.2 Å². The van der Waals surface area contributed by atoms with Crippen molar-refractivity contribution in [2.75, 3.05) is 0 Å². The van der Waals surface area contributed by atoms with Gasteiger partial charge in [-0.15, -0.1) is 0 Å². The molecule has 3 aromatic heterocycles. The quantitative estimate of drug-likeness (QED) is 0.382. The van der Waals surface area contributed by atoms with Crippen molar-refractivity contribution < 1.29 is 13.7 Å². The molecule has 0 spiro atoms. The van der Waals surface area contributed by atoms with Crippen molar-refractivity contribution in [3.05, 3.63) is 111 Å². The number of rotatable bonds is 4. The fourth-order valence-corrected chi connectivity index (χ4v) is 5.16. The Balaban J connectivity index is 1.36. The van der Waals surface area contributed by atoms with E-state index in [1.165, 1.54) is 12.1 Å². The number of hydrogen-bond acceptors (Lipinski definition) is 6. The summed E-state index contributed by atoms with van der Waals surface area (Å²) >= 11 is 0. The summed E-state index contributed by atoms with van der Waals surface area (Å²) in [6.07, 6.45) is 6.78. The lowest BCUT2D eigenvalue weighted by Gasteiger charge is -2.14. The van der Waals surface area contributed by atoms with Crippen molar-refractivity contribution in [3.8, 4) is 5.75 Å². The summed E-state index contributed by atoms with van der Waals surface area (Å²) in [6, 6.07) is 12.7. The third-order valence-electron chi connectivity index (χ3n) is 7.07. The van der Waals surface area contributed by atoms with E-state index < -0.39 is 5.76 Å². The summed E-state index contributed by atoms with van der Waals surface area (Å²) in [5.41, 5.74) is 7.49. The van der Waals surface area contributed by atoms with E-state index in [0.717, 1.165) is 57.8 Å². The number of nitrogens with zero attached hydrogens (tertiary/aromatic N) is 4. The Bertz CT molecular complexity index is 1780. The van der Waals surface area contributed by atoms with Crippen LogP contribution < -0.4 is 10.5 Å². The summed E-state index contributed by atoms with van der Waals surface area (Å²) in [5.74, 6) is 0.945. The number of ether oxygens (including phenoxy) is 1. The molecule has 1 aliphatic carbocycles. The molecule has 5 aromatic rings. The number of allylic oxidation sites excluding steroid dienone is 1. The molecule has 1 fully saturated rings. The predicted molar refractivity (Wildman–Crippen MR) is 134 cm³/mol. The highest BCUT2D eigenvalue weighted by atomic mass is 19.1. The van der Waals surface area contributed by atoms with E-state index >= 15 is 0 Å². The van der Waals surface area contributed by atoms with Crippen molar-refractivity contribution in [1.82, 2.24) is 24.5 Å². The zero-order valence-electron chi connectivity index (χ0n) is 20.0. The highest BCUT2D eigenvalue weighted by Gasteiger charge is 2.30. The number of fused-ring (bicyclic) bond motifs is 3. The van der Waals surface area contributed by atoms with Crippen molar-refractivity contribution in [2.45, 2.75) is 38.7 Å². The second-order valence-electron chi connectivity index (χ2n) is 9.55. The monoisotopic (exact) mass is 495 g/mol. The molecule has 2 aromatic carbocycles. The number of hydrogen-bond donors (Lipinski definition) is 1. The minimum absolute atomic E-state index is 0.274. The van der Waals surface area contributed by atoms with Gasteiger partial charge in [0.05, 0.1) is 11.4 Å². The Kier molecular flexibility index (Phi) is 4.85. The summed E-state index contributed by atoms with van der Waals surface area (Å²) in [7, 11) is 0. The molecule has 0 radical (unpaired) electrons. The number of nitrogens with one attached hydrogen (secondary N) is 1. The van der Waals surface area contributed by atoms with E-state index in [0.29, 0.717) is 29.5 Å². The fraction of sp³-hybridized carbons (Fsp3) is 0.214. The highest BCUT2D eigenvalue weighted by Crippen LogP contribution is 2.43. The van der Waals surface area contributed by atoms with Crippen LogP contribution in [0.5, 0.6) is 5.75 Å². The van der Waals surface area contributed by atoms with Crippen LogP contribution in [0, 0.1) is 5.82 Å². The van der Waals surface area contributed by atoms with E-state index in [4.69, 9.17) is 14.2 Å². The molecule has 0 atom stereocenters. The van der Waals surface area contributed by atoms with Gasteiger partial charge in [0.1, 0.15) is 18.2 Å². The number of imidazole rings is 1. The third-order valence-corrected chi connectivity index (χ3v) is 7.07. The van der Waals surface area contributed by atoms with Gasteiger partial charge in [0, 0.05) is 41.9 Å². The second-order valence-corrected chi connectivity index (χ2v) is 9.55. The topological polar surface area (TPSA) is 98.3 Å². The van der Waals surface area contributed by atoms with Crippen LogP contribution >= 0.6 is 0 Å². The molecule has 37 heavy (non-hydrogen) atoms. The number of H-pyrrole nitrogens is 1. The van der Waals surface area contributed by atoms with Gasteiger partial charge in [0.15, 0.2) is 5.82 Å². The van der Waals surface area contributed by atoms with Crippen LogP contribution in [-0.4, -0.2) is 24.5 Å². The lowest BCUT2D eigenvalue weighted by molar-refractivity contribution is 0.305. The molecule has 4 heterocycles. The first-order valence-corrected chi connectivity index (χ1v) is 12.2. The molecule has 0 bridgehead atoms. The Morgan fingerprint density at radius 2 is 2.05 bits per heavy atom. The van der Waals surface area contributed by atoms with E-state index in [-0.39, 0.29) is 12.4 Å². The van der Waals surface area contributed by atoms with Crippen LogP contribution in [0.3, 0.4) is 0 Å². The lowest BCUT2D eigenvalue weighted by atomic mass is 9.89. The van der Waals surface area contributed by atoms with Crippen molar-refractivity contribution in [3.63, 3.8) is 0 Å². The van der Waals surface area contributed by atoms with Gasteiger partial charge in [0.25, 0.3) is 0 Å². The van der Waals surface area contributed by atoms with Crippen LogP contribution in [0.4, 0.5) is 4.39 Å². The maximum absolute atomic E-state index is 14.1. The van der Waals surface area contributed by atoms with E-state index in [1.807, 2.05) is 19.2 Å². The van der Waals surface area contributed by atoms with Crippen molar-refractivity contribution in [2.24, 2.45) is 0 Å². The summed E-state index contributed by atoms with van der Waals surface area (Å²) in [4.78, 5) is 23.5. The third kappa shape index (κ3) is 3.74. The first-order valence-electron chi connectivity index (χ1n) is 12.2. The molecule has 0 amide bonds. The van der Waals surface area contributed by atoms with Crippen molar-refractivity contribution >= 4 is 16.9 Å². The van der Waals surface area contributed by atoms with E-state index in [2.05, 4.69) is 37.7 Å². The van der Waals surface area contributed by atoms with Gasteiger partial charge in [-0.1, -0.05) is 23.4 Å². The molecule has 1 aliphatic heterocycles. The Labute approximate surface area is 210 Å². The SMILES string of the molecule is CC(=C1c2ccc(Cc3c(C4CC4)nc4ncccn34)cc2COc2cc(F)ccc21)c1noc(=O)[nH]1. The second kappa shape index (κ2) is 8.26. The first-order chi connectivity index (χ1) is 18.0. The van der Waals surface area contributed by atoms with Crippen LogP contribution in [0.1, 0.15) is 65.1 Å². The van der Waals surface area contributed by atoms with E-state index in [9.17, 15) is 9.18 Å². The Morgan fingerprint density at radius 3 is 2.86 bits per heavy atom. The lowest BCUT2D eigenvalue weighted by Crippen LogP contribution is -2.02. The molecular formula is C28H22FN5O3. The minimum Gasteiger partial charge on any atom is -0.488 e. The maximum atomic E-state index is 14.1. The average Bonchev–Trinajstić information content (AvgIpc) is 3.59. The van der Waals surface area contributed by atoms with Gasteiger partial charge < -0.3 is 4.74 Å². The van der Waals surface area contributed by atoms with Crippen LogP contribution in [0.25, 0.3) is 16.9 Å². The standard InChI is InChI=1S/C28H22FN5O3/c1-15(26-32-28(35)37-33-26)24-20-7-3-16(11-18(20)14-36-23-13-19(29)6-8-21(23)24)12-22-25(17-4-5-17)31-27-30-9-2-10-34(22)27/h2-3,6-11,13,17H,4-5,12,14H2,1H3,(H,32,33,35). The molecule has 2 aliphatic rings. The predicted octanol–water partition coefficient (Wildman–Crippen LogP) is 4.88. The van der Waals surface area contributed by atoms with Crippen LogP contribution in [0.15, 0.2) is 64.2 Å². The van der Waals surface area contributed by atoms with Gasteiger partial charge in [0.2, 0.25) is 5.78 Å². The smallest absolute Gasteiger partial charge is 0.439 e. The number of halogens is 1. The molecule has 1 saturated carbocycles. The number of aromatic nitrogens is 5. The normalized spacial score (nSPS) is 16.2. The molecule has 184 valence electrons. The fourth-order valence-electron chi connectivity index (χ4n) is 5.16. The first kappa shape index (κ1) is 21.7. The van der Waals surface area contributed by atoms with Crippen LogP contribution in [0.2, 0.25) is 0 Å². The summed E-state index contributed by atoms with van der Waals surface area (Å²) < 4.78 is 27.1. The van der Waals surface area contributed by atoms with E-state index in [1.54, 1.807) is 12.3 Å². The van der Waals surface area contributed by atoms with Gasteiger partial charge in [-0.05, 0) is 60.2 Å². The Morgan fingerprint density at radius 1 is 1.19 bits per heavy atom. The number of benzene rings is 2. The van der Waals surface area contributed by atoms with Gasteiger partial charge in [-0.2, -0.15) is 0 Å². The molecule has 9 heteroatoms. The molecule has 1 N–H and O–H groups in total. The highest BCUT2D eigenvalue weighted by molar-refractivity contribution is 5.99. The summed E-state index contributed by atoms with van der Waals surface area (Å²) in [5, 5.41) is 3.88. The zero-order valence-corrected chi connectivity index (χ0v) is 20.0. The van der Waals surface area contributed by atoms with Gasteiger partial charge in [-0.3, -0.25) is 13.9 Å². The molecule has 8 nitrogen and oxygen atoms in total. The molecule has 0 unspecified atom stereocenters. The largest absolute Gasteiger partial charge is 0.488 e. The zero-order chi connectivity index (χ0) is 25.1. The van der Waals surface area contributed by atoms with Gasteiger partial charge >= 0.3 is 5.76 Å². The average molecular weight is 496 g/mol. The maximum Gasteiger partial charge on any atom is 0.439 e. The Hall–Kier alpha value is -4.53. The molecule has 0 saturated heterocycles. The molecular weight excluding hydrogens is 473 g/mol. The van der Waals surface area contributed by atoms with Crippen LogP contribution in [-0.2, 0) is 13.0 Å². The number of aromatic amines is 1. The molecule has 7 rings (SSSR count).